The number of amides is 3. The number of carbonyl (C=O) groups excluding carboxylic acids is 3. The molecule has 0 unspecified atom stereocenters. The van der Waals surface area contributed by atoms with Crippen molar-refractivity contribution in [2.75, 3.05) is 11.9 Å². The molecule has 5 N–H and O–H groups in total. The first-order valence-corrected chi connectivity index (χ1v) is 8.84. The van der Waals surface area contributed by atoms with E-state index >= 15 is 0 Å². The number of aromatic nitrogens is 2. The Labute approximate surface area is 150 Å². The molecule has 10 heteroatoms. The fraction of sp³-hybridized carbons (Fsp3) is 0.0667. The third-order valence-corrected chi connectivity index (χ3v) is 4.78. The van der Waals surface area contributed by atoms with Crippen LogP contribution >= 0.6 is 22.7 Å². The Balaban J connectivity index is 1.56. The van der Waals surface area contributed by atoms with Crippen LogP contribution in [0, 0.1) is 0 Å². The summed E-state index contributed by atoms with van der Waals surface area (Å²) in [7, 11) is 0. The van der Waals surface area contributed by atoms with E-state index in [0.717, 1.165) is 0 Å². The number of nitrogens with two attached hydrogens (primary N) is 1. The van der Waals surface area contributed by atoms with Crippen LogP contribution in [0.4, 0.5) is 5.13 Å². The van der Waals surface area contributed by atoms with Gasteiger partial charge in [-0.2, -0.15) is 0 Å². The molecule has 3 heterocycles. The topological polar surface area (TPSA) is 130 Å². The fourth-order valence-electron chi connectivity index (χ4n) is 1.97. The smallest absolute Gasteiger partial charge is 0.265 e. The van der Waals surface area contributed by atoms with Gasteiger partial charge in [-0.05, 0) is 17.5 Å². The average molecular weight is 375 g/mol. The summed E-state index contributed by atoms with van der Waals surface area (Å²) in [5.41, 5.74) is 6.77. The molecule has 0 spiro atoms. The molecule has 3 amide bonds. The van der Waals surface area contributed by atoms with Crippen molar-refractivity contribution >= 4 is 45.5 Å². The monoisotopic (exact) mass is 375 g/mol. The van der Waals surface area contributed by atoms with Crippen LogP contribution in [0.2, 0.25) is 0 Å². The second kappa shape index (κ2) is 7.28. The van der Waals surface area contributed by atoms with Crippen LogP contribution in [0.1, 0.15) is 20.2 Å². The lowest BCUT2D eigenvalue weighted by atomic mass is 10.2. The van der Waals surface area contributed by atoms with Gasteiger partial charge < -0.3 is 21.4 Å². The van der Waals surface area contributed by atoms with Crippen molar-refractivity contribution in [3.05, 3.63) is 45.7 Å². The number of primary amides is 1. The minimum Gasteiger partial charge on any atom is -0.364 e. The van der Waals surface area contributed by atoms with Crippen molar-refractivity contribution in [1.82, 2.24) is 15.3 Å². The van der Waals surface area contributed by atoms with E-state index in [9.17, 15) is 14.4 Å². The highest BCUT2D eigenvalue weighted by molar-refractivity contribution is 7.14. The van der Waals surface area contributed by atoms with E-state index in [4.69, 9.17) is 5.73 Å². The molecular formula is C15H13N5O3S2. The third-order valence-electron chi connectivity index (χ3n) is 3.15. The lowest BCUT2D eigenvalue weighted by Crippen LogP contribution is -2.32. The summed E-state index contributed by atoms with van der Waals surface area (Å²) in [6, 6.07) is 5.04. The minimum atomic E-state index is -0.559. The van der Waals surface area contributed by atoms with Gasteiger partial charge in [0, 0.05) is 17.1 Å². The number of H-pyrrole nitrogens is 1. The number of nitrogens with zero attached hydrogens (tertiary/aromatic N) is 1. The van der Waals surface area contributed by atoms with Gasteiger partial charge >= 0.3 is 0 Å². The quantitative estimate of drug-likeness (QED) is 0.522. The van der Waals surface area contributed by atoms with Crippen LogP contribution in [0.5, 0.6) is 0 Å². The second-order valence-electron chi connectivity index (χ2n) is 4.91. The summed E-state index contributed by atoms with van der Waals surface area (Å²) in [4.78, 5) is 42.3. The minimum absolute atomic E-state index is 0.151. The van der Waals surface area contributed by atoms with Gasteiger partial charge in [-0.25, -0.2) is 4.98 Å². The Morgan fingerprint density at radius 3 is 2.80 bits per heavy atom. The van der Waals surface area contributed by atoms with Crippen molar-refractivity contribution in [3.63, 3.8) is 0 Å². The molecule has 0 saturated carbocycles. The molecule has 0 radical (unpaired) electrons. The Hall–Kier alpha value is -2.98. The van der Waals surface area contributed by atoms with Gasteiger partial charge in [0.25, 0.3) is 11.8 Å². The number of hydrogen-bond donors (Lipinski definition) is 4. The average Bonchev–Trinajstić information content (AvgIpc) is 3.31. The molecule has 0 aromatic carbocycles. The van der Waals surface area contributed by atoms with E-state index in [1.807, 2.05) is 0 Å². The number of rotatable bonds is 6. The second-order valence-corrected chi connectivity index (χ2v) is 6.72. The summed E-state index contributed by atoms with van der Waals surface area (Å²) in [6.07, 6.45) is 1.61. The fourth-order valence-corrected chi connectivity index (χ4v) is 3.34. The van der Waals surface area contributed by atoms with Crippen molar-refractivity contribution in [3.8, 4) is 11.3 Å². The van der Waals surface area contributed by atoms with E-state index < -0.39 is 5.91 Å². The SMILES string of the molecule is NC(=O)c1cc(-c2csc(NC(=O)CNC(=O)c3cccs3)n2)c[nH]1. The maximum absolute atomic E-state index is 11.9. The van der Waals surface area contributed by atoms with Crippen LogP contribution in [0.25, 0.3) is 11.3 Å². The zero-order valence-electron chi connectivity index (χ0n) is 12.7. The molecule has 0 bridgehead atoms. The molecule has 8 nitrogen and oxygen atoms in total. The van der Waals surface area contributed by atoms with Gasteiger partial charge in [0.05, 0.1) is 17.1 Å². The molecule has 128 valence electrons. The predicted octanol–water partition coefficient (Wildman–Crippen LogP) is 1.67. The van der Waals surface area contributed by atoms with Crippen LogP contribution in [-0.2, 0) is 4.79 Å². The highest BCUT2D eigenvalue weighted by Gasteiger charge is 2.12. The Bertz CT molecular complexity index is 913. The van der Waals surface area contributed by atoms with Gasteiger partial charge in [0.2, 0.25) is 5.91 Å². The number of nitrogens with one attached hydrogen (secondary N) is 3. The summed E-state index contributed by atoms with van der Waals surface area (Å²) in [6.45, 7) is -0.151. The number of hydrogen-bond acceptors (Lipinski definition) is 6. The molecule has 25 heavy (non-hydrogen) atoms. The summed E-state index contributed by atoms with van der Waals surface area (Å²) < 4.78 is 0. The van der Waals surface area contributed by atoms with E-state index in [0.29, 0.717) is 21.3 Å². The largest absolute Gasteiger partial charge is 0.364 e. The maximum Gasteiger partial charge on any atom is 0.265 e. The molecule has 3 aromatic heterocycles. The molecule has 0 aliphatic heterocycles. The molecule has 3 aromatic rings. The normalized spacial score (nSPS) is 10.4. The summed E-state index contributed by atoms with van der Waals surface area (Å²) >= 11 is 2.54. The molecule has 0 aliphatic rings. The molecule has 0 fully saturated rings. The van der Waals surface area contributed by atoms with Crippen LogP contribution in [-0.4, -0.2) is 34.2 Å². The molecular weight excluding hydrogens is 362 g/mol. The lowest BCUT2D eigenvalue weighted by molar-refractivity contribution is -0.115. The highest BCUT2D eigenvalue weighted by Crippen LogP contribution is 2.25. The van der Waals surface area contributed by atoms with Crippen LogP contribution in [0.15, 0.2) is 35.2 Å². The van der Waals surface area contributed by atoms with E-state index in [1.54, 1.807) is 35.2 Å². The van der Waals surface area contributed by atoms with E-state index in [2.05, 4.69) is 20.6 Å². The first-order valence-electron chi connectivity index (χ1n) is 7.08. The van der Waals surface area contributed by atoms with Crippen LogP contribution < -0.4 is 16.4 Å². The summed E-state index contributed by atoms with van der Waals surface area (Å²) in [5.74, 6) is -1.23. The van der Waals surface area contributed by atoms with Gasteiger partial charge in [0.15, 0.2) is 5.13 Å². The first kappa shape index (κ1) is 16.9. The number of thiazole rings is 1. The lowest BCUT2D eigenvalue weighted by Gasteiger charge is -2.03. The van der Waals surface area contributed by atoms with Crippen molar-refractivity contribution in [2.45, 2.75) is 0 Å². The molecule has 0 atom stereocenters. The standard InChI is InChI=1S/C15H13N5O3S2/c16-13(22)9-4-8(5-17-9)10-7-25-15(19-10)20-12(21)6-18-14(23)11-2-1-3-24-11/h1-5,7,17H,6H2,(H2,16,22)(H,18,23)(H,19,20,21). The molecule has 0 saturated heterocycles. The van der Waals surface area contributed by atoms with Gasteiger partial charge in [-0.15, -0.1) is 22.7 Å². The number of carbonyl (C=O) groups is 3. The maximum atomic E-state index is 11.9. The van der Waals surface area contributed by atoms with Crippen molar-refractivity contribution < 1.29 is 14.4 Å². The Morgan fingerprint density at radius 1 is 1.28 bits per heavy atom. The zero-order chi connectivity index (χ0) is 17.8. The van der Waals surface area contributed by atoms with Gasteiger partial charge in [-0.1, -0.05) is 6.07 Å². The number of aromatic amines is 1. The van der Waals surface area contributed by atoms with Crippen molar-refractivity contribution in [2.24, 2.45) is 5.73 Å². The number of thiophene rings is 1. The first-order chi connectivity index (χ1) is 12.0. The van der Waals surface area contributed by atoms with E-state index in [-0.39, 0.29) is 24.1 Å². The third kappa shape index (κ3) is 4.11. The van der Waals surface area contributed by atoms with Gasteiger partial charge in [0.1, 0.15) is 5.69 Å². The van der Waals surface area contributed by atoms with E-state index in [1.165, 1.54) is 22.7 Å². The zero-order valence-corrected chi connectivity index (χ0v) is 14.4. The Morgan fingerprint density at radius 2 is 2.12 bits per heavy atom. The van der Waals surface area contributed by atoms with Gasteiger partial charge in [-0.3, -0.25) is 14.4 Å². The predicted molar refractivity (Wildman–Crippen MR) is 95.7 cm³/mol. The highest BCUT2D eigenvalue weighted by atomic mass is 32.1. The number of anilines is 1. The molecule has 0 aliphatic carbocycles. The van der Waals surface area contributed by atoms with Crippen molar-refractivity contribution in [1.29, 1.82) is 0 Å². The Kier molecular flexibility index (Phi) is 4.91. The van der Waals surface area contributed by atoms with Crippen LogP contribution in [0.3, 0.4) is 0 Å². The summed E-state index contributed by atoms with van der Waals surface area (Å²) in [5, 5.41) is 9.08. The molecule has 3 rings (SSSR count).